The molecule has 0 amide bonds. The summed E-state index contributed by atoms with van der Waals surface area (Å²) in [5.41, 5.74) is 0. The first-order valence-corrected chi connectivity index (χ1v) is 7.95. The van der Waals surface area contributed by atoms with E-state index in [0.717, 1.165) is 32.6 Å². The Hall–Kier alpha value is -0.490. The van der Waals surface area contributed by atoms with Crippen LogP contribution in [0.2, 0.25) is 0 Å². The van der Waals surface area contributed by atoms with Crippen molar-refractivity contribution in [3.05, 3.63) is 0 Å². The molecule has 0 aliphatic heterocycles. The van der Waals surface area contributed by atoms with Gasteiger partial charge in [0.05, 0.1) is 18.8 Å². The molecule has 0 aromatic heterocycles. The lowest BCUT2D eigenvalue weighted by Gasteiger charge is -2.16. The fourth-order valence-electron chi connectivity index (χ4n) is 1.52. The highest BCUT2D eigenvalue weighted by molar-refractivity contribution is 5.81. The van der Waals surface area contributed by atoms with Crippen molar-refractivity contribution < 1.29 is 19.0 Å². The Bertz CT molecular complexity index is 259. The molecule has 0 rings (SSSR count). The normalized spacial score (nSPS) is 14.4. The largest absolute Gasteiger partial charge is 0.380 e. The molecule has 0 aromatic rings. The van der Waals surface area contributed by atoms with Crippen molar-refractivity contribution in [3.63, 3.8) is 0 Å². The van der Waals surface area contributed by atoms with Crippen molar-refractivity contribution in [1.82, 2.24) is 5.32 Å². The molecule has 0 saturated carbocycles. The number of carbonyl (C=O) groups excluding carboxylic acids is 1. The zero-order valence-electron chi connectivity index (χ0n) is 14.3. The quantitative estimate of drug-likeness (QED) is 0.498. The lowest BCUT2D eigenvalue weighted by Crippen LogP contribution is -2.22. The van der Waals surface area contributed by atoms with Crippen LogP contribution in [0.5, 0.6) is 0 Å². The zero-order valence-corrected chi connectivity index (χ0v) is 14.3. The third-order valence-corrected chi connectivity index (χ3v) is 3.25. The predicted molar refractivity (Wildman–Crippen MR) is 84.7 cm³/mol. The third-order valence-electron chi connectivity index (χ3n) is 3.25. The van der Waals surface area contributed by atoms with E-state index in [1.165, 1.54) is 0 Å². The molecular formula is C16H33NO4. The molecule has 2 unspecified atom stereocenters. The van der Waals surface area contributed by atoms with Gasteiger partial charge >= 0.3 is 0 Å². The molecule has 0 aromatic carbocycles. The molecule has 0 radical (unpaired) electrons. The van der Waals surface area contributed by atoms with Gasteiger partial charge in [-0.2, -0.15) is 0 Å². The highest BCUT2D eigenvalue weighted by Crippen LogP contribution is 2.04. The van der Waals surface area contributed by atoms with Crippen molar-refractivity contribution in [2.45, 2.75) is 52.7 Å². The lowest BCUT2D eigenvalue weighted by molar-refractivity contribution is -0.128. The average molecular weight is 303 g/mol. The second-order valence-corrected chi connectivity index (χ2v) is 5.72. The van der Waals surface area contributed by atoms with Gasteiger partial charge < -0.3 is 19.5 Å². The number of rotatable bonds is 14. The van der Waals surface area contributed by atoms with E-state index in [4.69, 9.17) is 14.2 Å². The molecule has 5 heteroatoms. The van der Waals surface area contributed by atoms with E-state index < -0.39 is 0 Å². The maximum atomic E-state index is 11.4. The van der Waals surface area contributed by atoms with Gasteiger partial charge in [0.15, 0.2) is 5.78 Å². The average Bonchev–Trinajstić information content (AvgIpc) is 2.44. The van der Waals surface area contributed by atoms with Crippen LogP contribution in [0.1, 0.15) is 40.5 Å². The summed E-state index contributed by atoms with van der Waals surface area (Å²) in [5.74, 6) is 0.186. The maximum Gasteiger partial charge on any atom is 0.160 e. The Morgan fingerprint density at radius 3 is 2.19 bits per heavy atom. The van der Waals surface area contributed by atoms with Crippen LogP contribution >= 0.6 is 0 Å². The molecule has 0 saturated heterocycles. The topological polar surface area (TPSA) is 56.8 Å². The van der Waals surface area contributed by atoms with E-state index in [1.54, 1.807) is 0 Å². The summed E-state index contributed by atoms with van der Waals surface area (Å²) >= 11 is 0. The molecule has 0 aliphatic rings. The van der Waals surface area contributed by atoms with Crippen LogP contribution < -0.4 is 5.32 Å². The summed E-state index contributed by atoms with van der Waals surface area (Å²) in [6.07, 6.45) is 1.93. The zero-order chi connectivity index (χ0) is 16.1. The van der Waals surface area contributed by atoms with E-state index in [0.29, 0.717) is 6.61 Å². The maximum absolute atomic E-state index is 11.4. The number of ether oxygens (including phenoxy) is 3. The minimum atomic E-state index is 0.0383. The molecule has 126 valence electrons. The van der Waals surface area contributed by atoms with Gasteiger partial charge in [0.25, 0.3) is 0 Å². The van der Waals surface area contributed by atoms with Gasteiger partial charge in [-0.15, -0.1) is 0 Å². The van der Waals surface area contributed by atoms with Crippen LogP contribution in [0, 0.1) is 5.92 Å². The third kappa shape index (κ3) is 12.9. The van der Waals surface area contributed by atoms with Crippen molar-refractivity contribution >= 4 is 5.78 Å². The Labute approximate surface area is 129 Å². The summed E-state index contributed by atoms with van der Waals surface area (Å²) in [6.45, 7) is 11.0. The molecule has 0 fully saturated rings. The Morgan fingerprint density at radius 1 is 0.952 bits per heavy atom. The molecule has 1 N–H and O–H groups in total. The van der Waals surface area contributed by atoms with E-state index in [1.807, 2.05) is 27.8 Å². The van der Waals surface area contributed by atoms with Crippen LogP contribution in [0.25, 0.3) is 0 Å². The standard InChI is InChI=1S/C16H33NO4/c1-13(2)16(18)12-21-15(4)7-10-20-14(3)6-9-19-11-8-17-5/h13-15,17H,6-12H2,1-5H3. The van der Waals surface area contributed by atoms with Gasteiger partial charge in [-0.05, 0) is 33.7 Å². The van der Waals surface area contributed by atoms with Crippen LogP contribution in [0.15, 0.2) is 0 Å². The monoisotopic (exact) mass is 303 g/mol. The molecular weight excluding hydrogens is 270 g/mol. The molecule has 0 heterocycles. The van der Waals surface area contributed by atoms with Crippen LogP contribution in [-0.4, -0.2) is 58.0 Å². The summed E-state index contributed by atoms with van der Waals surface area (Å²) in [4.78, 5) is 11.4. The number of carbonyl (C=O) groups is 1. The summed E-state index contributed by atoms with van der Waals surface area (Å²) < 4.78 is 16.7. The van der Waals surface area contributed by atoms with Gasteiger partial charge in [-0.25, -0.2) is 0 Å². The predicted octanol–water partition coefficient (Wildman–Crippen LogP) is 2.04. The number of likely N-dealkylation sites (N-methyl/N-ethyl adjacent to an activating group) is 1. The molecule has 0 bridgehead atoms. The second-order valence-electron chi connectivity index (χ2n) is 5.72. The fourth-order valence-corrected chi connectivity index (χ4v) is 1.52. The van der Waals surface area contributed by atoms with Gasteiger partial charge in [0, 0.05) is 25.7 Å². The van der Waals surface area contributed by atoms with Gasteiger partial charge in [-0.3, -0.25) is 4.79 Å². The number of ketones is 1. The fraction of sp³-hybridized carbons (Fsp3) is 0.938. The SMILES string of the molecule is CNCCOCCC(C)OCCC(C)OCC(=O)C(C)C. The van der Waals surface area contributed by atoms with Crippen molar-refractivity contribution in [2.75, 3.05) is 40.0 Å². The van der Waals surface area contributed by atoms with E-state index in [9.17, 15) is 4.79 Å². The first-order valence-electron chi connectivity index (χ1n) is 7.95. The van der Waals surface area contributed by atoms with Crippen molar-refractivity contribution in [3.8, 4) is 0 Å². The van der Waals surface area contributed by atoms with Crippen LogP contribution in [0.4, 0.5) is 0 Å². The first kappa shape index (κ1) is 20.5. The minimum absolute atomic E-state index is 0.0383. The number of nitrogens with one attached hydrogen (secondary N) is 1. The highest BCUT2D eigenvalue weighted by atomic mass is 16.5. The Kier molecular flexibility index (Phi) is 12.9. The number of hydrogen-bond donors (Lipinski definition) is 1. The van der Waals surface area contributed by atoms with E-state index >= 15 is 0 Å². The second kappa shape index (κ2) is 13.2. The summed E-state index contributed by atoms with van der Waals surface area (Å²) in [5, 5.41) is 3.04. The summed E-state index contributed by atoms with van der Waals surface area (Å²) in [7, 11) is 1.91. The van der Waals surface area contributed by atoms with Gasteiger partial charge in [0.1, 0.15) is 6.61 Å². The molecule has 0 aliphatic carbocycles. The minimum Gasteiger partial charge on any atom is -0.380 e. The number of Topliss-reactive ketones (excluding diaryl/α,β-unsaturated/α-hetero) is 1. The van der Waals surface area contributed by atoms with Gasteiger partial charge in [-0.1, -0.05) is 13.8 Å². The first-order chi connectivity index (χ1) is 9.97. The highest BCUT2D eigenvalue weighted by Gasteiger charge is 2.10. The van der Waals surface area contributed by atoms with Crippen molar-refractivity contribution in [1.29, 1.82) is 0 Å². The van der Waals surface area contributed by atoms with E-state index in [-0.39, 0.29) is 30.5 Å². The van der Waals surface area contributed by atoms with Crippen molar-refractivity contribution in [2.24, 2.45) is 5.92 Å². The van der Waals surface area contributed by atoms with Gasteiger partial charge in [0.2, 0.25) is 0 Å². The Morgan fingerprint density at radius 2 is 1.57 bits per heavy atom. The van der Waals surface area contributed by atoms with Crippen LogP contribution in [-0.2, 0) is 19.0 Å². The van der Waals surface area contributed by atoms with Crippen LogP contribution in [0.3, 0.4) is 0 Å². The molecule has 2 atom stereocenters. The van der Waals surface area contributed by atoms with E-state index in [2.05, 4.69) is 12.2 Å². The molecule has 21 heavy (non-hydrogen) atoms. The Balaban J connectivity index is 3.48. The molecule has 5 nitrogen and oxygen atoms in total. The molecule has 0 spiro atoms. The lowest BCUT2D eigenvalue weighted by atomic mass is 10.1. The number of hydrogen-bond acceptors (Lipinski definition) is 5. The summed E-state index contributed by atoms with van der Waals surface area (Å²) in [6, 6.07) is 0. The smallest absolute Gasteiger partial charge is 0.160 e.